The molecule has 1 N–H and O–H groups in total. The van der Waals surface area contributed by atoms with E-state index < -0.39 is 29.5 Å². The molecule has 4 rings (SSSR count). The molecule has 1 aliphatic heterocycles. The van der Waals surface area contributed by atoms with E-state index in [1.54, 1.807) is 0 Å². The Bertz CT molecular complexity index is 1240. The van der Waals surface area contributed by atoms with Gasteiger partial charge < -0.3 is 10.1 Å². The highest BCUT2D eigenvalue weighted by Crippen LogP contribution is 2.31. The maximum atomic E-state index is 14.2. The van der Waals surface area contributed by atoms with Gasteiger partial charge in [0.1, 0.15) is 24.3 Å². The number of carbonyl (C=O) groups is 2. The normalized spacial score (nSPS) is 15.6. The number of benzene rings is 1. The van der Waals surface area contributed by atoms with Gasteiger partial charge in [-0.15, -0.1) is 0 Å². The number of amides is 2. The minimum atomic E-state index is -1.09. The number of anilines is 1. The topological polar surface area (TPSA) is 97.3 Å². The minimum Gasteiger partial charge on any atom is -0.487 e. The summed E-state index contributed by atoms with van der Waals surface area (Å²) in [7, 11) is 1.48. The van der Waals surface area contributed by atoms with Crippen molar-refractivity contribution in [3.05, 3.63) is 64.2 Å². The molecule has 164 valence electrons. The second kappa shape index (κ2) is 8.64. The zero-order valence-electron chi connectivity index (χ0n) is 16.3. The summed E-state index contributed by atoms with van der Waals surface area (Å²) in [5.74, 6) is -2.85. The van der Waals surface area contributed by atoms with Crippen molar-refractivity contribution in [3.8, 4) is 17.0 Å². The maximum Gasteiger partial charge on any atom is 0.289 e. The molecule has 0 fully saturated rings. The van der Waals surface area contributed by atoms with Crippen molar-refractivity contribution >= 4 is 40.8 Å². The first-order valence-electron chi connectivity index (χ1n) is 9.09. The van der Waals surface area contributed by atoms with Crippen LogP contribution in [0.1, 0.15) is 10.6 Å². The molecular weight excluding hydrogens is 467 g/mol. The van der Waals surface area contributed by atoms with Gasteiger partial charge in [-0.1, -0.05) is 23.2 Å². The SMILES string of the molecule is CN1C(=O)C(NC(=O)c2ncc(Cl)c(-c3ccc(F)cc3F)n2)COc2cc(Cl)cnc21. The standard InChI is InChI=1S/C20H13Cl2F2N5O3/c1-29-18-15(4-9(21)6-26-18)32-8-14(20(29)31)27-19(30)17-25-7-12(22)16(28-17)11-3-2-10(23)5-13(11)24/h2-7,14H,8H2,1H3,(H,27,30). The molecule has 3 aromatic rings. The molecule has 8 nitrogen and oxygen atoms in total. The highest BCUT2D eigenvalue weighted by atomic mass is 35.5. The molecule has 2 amide bonds. The molecule has 0 radical (unpaired) electrons. The highest BCUT2D eigenvalue weighted by molar-refractivity contribution is 6.33. The Morgan fingerprint density at radius 3 is 2.75 bits per heavy atom. The van der Waals surface area contributed by atoms with E-state index in [1.807, 2.05) is 0 Å². The lowest BCUT2D eigenvalue weighted by atomic mass is 10.1. The molecule has 12 heteroatoms. The minimum absolute atomic E-state index is 0.0425. The summed E-state index contributed by atoms with van der Waals surface area (Å²) in [4.78, 5) is 38.7. The number of carbonyl (C=O) groups excluding carboxylic acids is 2. The average molecular weight is 480 g/mol. The van der Waals surface area contributed by atoms with Gasteiger partial charge >= 0.3 is 0 Å². The van der Waals surface area contributed by atoms with E-state index in [0.717, 1.165) is 18.3 Å². The number of halogens is 4. The van der Waals surface area contributed by atoms with Crippen LogP contribution in [0.3, 0.4) is 0 Å². The van der Waals surface area contributed by atoms with E-state index in [1.165, 1.54) is 24.2 Å². The monoisotopic (exact) mass is 479 g/mol. The second-order valence-electron chi connectivity index (χ2n) is 6.72. The predicted octanol–water partition coefficient (Wildman–Crippen LogP) is 3.28. The van der Waals surface area contributed by atoms with Crippen LogP contribution in [-0.4, -0.2) is 46.5 Å². The fourth-order valence-electron chi connectivity index (χ4n) is 3.03. The largest absolute Gasteiger partial charge is 0.487 e. The van der Waals surface area contributed by atoms with Gasteiger partial charge in [0, 0.05) is 30.9 Å². The van der Waals surface area contributed by atoms with E-state index in [9.17, 15) is 18.4 Å². The number of pyridine rings is 1. The third-order valence-electron chi connectivity index (χ3n) is 4.59. The molecular formula is C20H13Cl2F2N5O3. The van der Waals surface area contributed by atoms with Crippen LogP contribution >= 0.6 is 23.2 Å². The first-order chi connectivity index (χ1) is 15.2. The molecule has 1 unspecified atom stereocenters. The van der Waals surface area contributed by atoms with E-state index >= 15 is 0 Å². The summed E-state index contributed by atoms with van der Waals surface area (Å²) in [5, 5.41) is 2.77. The Kier molecular flexibility index (Phi) is 5.90. The quantitative estimate of drug-likeness (QED) is 0.618. The van der Waals surface area contributed by atoms with Crippen molar-refractivity contribution in [2.24, 2.45) is 0 Å². The van der Waals surface area contributed by atoms with Gasteiger partial charge in [0.25, 0.3) is 11.8 Å². The molecule has 0 saturated heterocycles. The van der Waals surface area contributed by atoms with Crippen molar-refractivity contribution in [2.45, 2.75) is 6.04 Å². The van der Waals surface area contributed by atoms with Crippen molar-refractivity contribution in [2.75, 3.05) is 18.6 Å². The van der Waals surface area contributed by atoms with Gasteiger partial charge in [0.2, 0.25) is 5.82 Å². The van der Waals surface area contributed by atoms with Gasteiger partial charge in [-0.2, -0.15) is 0 Å². The number of rotatable bonds is 3. The van der Waals surface area contributed by atoms with Crippen LogP contribution in [-0.2, 0) is 4.79 Å². The Labute approximate surface area is 190 Å². The van der Waals surface area contributed by atoms with E-state index in [-0.39, 0.29) is 40.3 Å². The number of likely N-dealkylation sites (N-methyl/N-ethyl adjacent to an activating group) is 1. The van der Waals surface area contributed by atoms with Crippen LogP contribution < -0.4 is 15.0 Å². The maximum absolute atomic E-state index is 14.2. The smallest absolute Gasteiger partial charge is 0.289 e. The summed E-state index contributed by atoms with van der Waals surface area (Å²) in [5.41, 5.74) is -0.212. The summed E-state index contributed by atoms with van der Waals surface area (Å²) >= 11 is 12.0. The van der Waals surface area contributed by atoms with Crippen molar-refractivity contribution in [1.29, 1.82) is 0 Å². The zero-order chi connectivity index (χ0) is 23.0. The predicted molar refractivity (Wildman–Crippen MR) is 112 cm³/mol. The second-order valence-corrected chi connectivity index (χ2v) is 7.57. The van der Waals surface area contributed by atoms with Crippen LogP contribution in [0.2, 0.25) is 10.0 Å². The summed E-state index contributed by atoms with van der Waals surface area (Å²) in [6, 6.07) is 3.26. The average Bonchev–Trinajstić information content (AvgIpc) is 2.86. The van der Waals surface area contributed by atoms with Crippen molar-refractivity contribution in [1.82, 2.24) is 20.3 Å². The van der Waals surface area contributed by atoms with E-state index in [0.29, 0.717) is 11.1 Å². The third kappa shape index (κ3) is 4.19. The molecule has 0 saturated carbocycles. The Morgan fingerprint density at radius 2 is 2.00 bits per heavy atom. The molecule has 3 heterocycles. The lowest BCUT2D eigenvalue weighted by Gasteiger charge is -2.19. The molecule has 1 aromatic carbocycles. The molecule has 1 atom stereocenters. The summed E-state index contributed by atoms with van der Waals surface area (Å²) in [6.07, 6.45) is 2.48. The van der Waals surface area contributed by atoms with Crippen LogP contribution in [0, 0.1) is 11.6 Å². The number of hydrogen-bond acceptors (Lipinski definition) is 6. The van der Waals surface area contributed by atoms with Gasteiger partial charge in [-0.3, -0.25) is 14.5 Å². The first kappa shape index (κ1) is 21.8. The molecule has 0 aliphatic carbocycles. The number of hydrogen-bond donors (Lipinski definition) is 1. The zero-order valence-corrected chi connectivity index (χ0v) is 17.8. The van der Waals surface area contributed by atoms with Crippen molar-refractivity contribution in [3.63, 3.8) is 0 Å². The van der Waals surface area contributed by atoms with Gasteiger partial charge in [-0.05, 0) is 12.1 Å². The number of fused-ring (bicyclic) bond motifs is 1. The fourth-order valence-corrected chi connectivity index (χ4v) is 3.37. The lowest BCUT2D eigenvalue weighted by molar-refractivity contribution is -0.120. The Hall–Kier alpha value is -3.37. The van der Waals surface area contributed by atoms with Crippen molar-refractivity contribution < 1.29 is 23.1 Å². The van der Waals surface area contributed by atoms with E-state index in [2.05, 4.69) is 20.3 Å². The van der Waals surface area contributed by atoms with Crippen LogP contribution in [0.25, 0.3) is 11.3 Å². The van der Waals surface area contributed by atoms with Crippen LogP contribution in [0.15, 0.2) is 36.7 Å². The van der Waals surface area contributed by atoms with Gasteiger partial charge in [-0.25, -0.2) is 23.7 Å². The fraction of sp³-hybridized carbons (Fsp3) is 0.150. The first-order valence-corrected chi connectivity index (χ1v) is 9.85. The summed E-state index contributed by atoms with van der Waals surface area (Å²) < 4.78 is 33.0. The number of ether oxygens (including phenoxy) is 1. The molecule has 2 aromatic heterocycles. The lowest BCUT2D eigenvalue weighted by Crippen LogP contribution is -2.49. The third-order valence-corrected chi connectivity index (χ3v) is 5.07. The van der Waals surface area contributed by atoms with Gasteiger partial charge in [0.05, 0.1) is 21.9 Å². The van der Waals surface area contributed by atoms with Crippen LogP contribution in [0.5, 0.6) is 5.75 Å². The molecule has 32 heavy (non-hydrogen) atoms. The highest BCUT2D eigenvalue weighted by Gasteiger charge is 2.32. The van der Waals surface area contributed by atoms with Crippen LogP contribution in [0.4, 0.5) is 14.6 Å². The van der Waals surface area contributed by atoms with Gasteiger partial charge in [0.15, 0.2) is 11.6 Å². The Morgan fingerprint density at radius 1 is 1.22 bits per heavy atom. The number of nitrogens with one attached hydrogen (secondary N) is 1. The molecule has 0 bridgehead atoms. The number of nitrogens with zero attached hydrogens (tertiary/aromatic N) is 4. The van der Waals surface area contributed by atoms with E-state index in [4.69, 9.17) is 27.9 Å². The Balaban J connectivity index is 1.59. The summed E-state index contributed by atoms with van der Waals surface area (Å²) in [6.45, 7) is -0.197. The number of aromatic nitrogens is 3. The molecule has 0 spiro atoms. The molecule has 1 aliphatic rings.